The molecule has 2 N–H and O–H groups in total. The minimum Gasteiger partial charge on any atom is -0.508 e. The van der Waals surface area contributed by atoms with Crippen LogP contribution >= 0.6 is 0 Å². The first-order chi connectivity index (χ1) is 13.8. The summed E-state index contributed by atoms with van der Waals surface area (Å²) in [7, 11) is -3.97. The molecule has 0 atom stereocenters. The number of carboxylic acid groups (broad SMARTS) is 1. The third-order valence-electron chi connectivity index (χ3n) is 4.28. The van der Waals surface area contributed by atoms with Crippen molar-refractivity contribution in [3.63, 3.8) is 0 Å². The highest BCUT2D eigenvalue weighted by atomic mass is 32.2. The van der Waals surface area contributed by atoms with E-state index in [1.165, 1.54) is 71.0 Å². The average molecular weight is 415 g/mol. The van der Waals surface area contributed by atoms with Gasteiger partial charge in [0.05, 0.1) is 10.5 Å². The van der Waals surface area contributed by atoms with Crippen LogP contribution in [0, 0.1) is 5.82 Å². The Labute approximate surface area is 167 Å². The van der Waals surface area contributed by atoms with Crippen molar-refractivity contribution in [1.82, 2.24) is 4.31 Å². The molecule has 3 rings (SSSR count). The van der Waals surface area contributed by atoms with Gasteiger partial charge < -0.3 is 10.2 Å². The lowest BCUT2D eigenvalue weighted by atomic mass is 10.1. The maximum absolute atomic E-state index is 13.6. The van der Waals surface area contributed by atoms with Crippen LogP contribution in [0.15, 0.2) is 77.7 Å². The van der Waals surface area contributed by atoms with Gasteiger partial charge in [0.15, 0.2) is 0 Å². The number of phenolic OH excluding ortho intramolecular Hbond substituents is 1. The second kappa shape index (κ2) is 8.42. The minimum atomic E-state index is -3.97. The van der Waals surface area contributed by atoms with E-state index in [-0.39, 0.29) is 29.3 Å². The van der Waals surface area contributed by atoms with Crippen LogP contribution < -0.4 is 0 Å². The number of benzene rings is 3. The van der Waals surface area contributed by atoms with Gasteiger partial charge in [-0.15, -0.1) is 0 Å². The normalized spacial score (nSPS) is 11.5. The molecular weight excluding hydrogens is 397 g/mol. The molecule has 150 valence electrons. The van der Waals surface area contributed by atoms with E-state index in [1.807, 2.05) is 0 Å². The molecule has 3 aromatic rings. The van der Waals surface area contributed by atoms with Crippen LogP contribution in [0.1, 0.15) is 21.5 Å². The zero-order chi connectivity index (χ0) is 21.0. The van der Waals surface area contributed by atoms with Crippen molar-refractivity contribution < 1.29 is 27.8 Å². The molecule has 6 nitrogen and oxygen atoms in total. The largest absolute Gasteiger partial charge is 0.508 e. The number of halogens is 1. The van der Waals surface area contributed by atoms with Crippen molar-refractivity contribution >= 4 is 16.0 Å². The first kappa shape index (κ1) is 20.5. The number of carboxylic acids is 1. The molecule has 0 bridgehead atoms. The summed E-state index contributed by atoms with van der Waals surface area (Å²) < 4.78 is 41.1. The number of nitrogens with zero attached hydrogens (tertiary/aromatic N) is 1. The van der Waals surface area contributed by atoms with Crippen LogP contribution in [0.25, 0.3) is 0 Å². The van der Waals surface area contributed by atoms with Crippen molar-refractivity contribution in [2.75, 3.05) is 0 Å². The molecule has 0 aliphatic rings. The Balaban J connectivity index is 1.96. The standard InChI is InChI=1S/C21H18FNO5S/c22-18-3-1-2-16(12-18)14-23(13-15-4-6-17(7-5-15)21(25)26)29(27,28)20-10-8-19(24)9-11-20/h1-12,24H,13-14H2,(H,25,26). The van der Waals surface area contributed by atoms with Gasteiger partial charge in [0.2, 0.25) is 10.0 Å². The van der Waals surface area contributed by atoms with Gasteiger partial charge in [0.1, 0.15) is 11.6 Å². The molecule has 0 saturated carbocycles. The van der Waals surface area contributed by atoms with Crippen LogP contribution in [0.5, 0.6) is 5.75 Å². The van der Waals surface area contributed by atoms with Gasteiger partial charge in [-0.1, -0.05) is 24.3 Å². The number of hydrogen-bond donors (Lipinski definition) is 2. The van der Waals surface area contributed by atoms with Crippen LogP contribution in [0.2, 0.25) is 0 Å². The van der Waals surface area contributed by atoms with Gasteiger partial charge in [-0.05, 0) is 59.7 Å². The van der Waals surface area contributed by atoms with E-state index in [9.17, 15) is 22.7 Å². The topological polar surface area (TPSA) is 94.9 Å². The van der Waals surface area contributed by atoms with Crippen LogP contribution in [-0.2, 0) is 23.1 Å². The molecule has 0 saturated heterocycles. The lowest BCUT2D eigenvalue weighted by Crippen LogP contribution is -2.30. The Kier molecular flexibility index (Phi) is 5.95. The van der Waals surface area contributed by atoms with Crippen molar-refractivity contribution in [3.05, 3.63) is 95.3 Å². The molecule has 0 radical (unpaired) electrons. The summed E-state index contributed by atoms with van der Waals surface area (Å²) in [5.41, 5.74) is 1.13. The van der Waals surface area contributed by atoms with Gasteiger partial charge in [-0.3, -0.25) is 0 Å². The molecule has 0 aliphatic heterocycles. The Morgan fingerprint density at radius 3 is 2.10 bits per heavy atom. The van der Waals surface area contributed by atoms with Gasteiger partial charge >= 0.3 is 5.97 Å². The van der Waals surface area contributed by atoms with Crippen molar-refractivity contribution in [2.24, 2.45) is 0 Å². The highest BCUT2D eigenvalue weighted by Gasteiger charge is 2.25. The number of hydrogen-bond acceptors (Lipinski definition) is 4. The van der Waals surface area contributed by atoms with Crippen molar-refractivity contribution in [1.29, 1.82) is 0 Å². The van der Waals surface area contributed by atoms with Gasteiger partial charge in [-0.2, -0.15) is 4.31 Å². The quantitative estimate of drug-likeness (QED) is 0.615. The molecule has 29 heavy (non-hydrogen) atoms. The van der Waals surface area contributed by atoms with Crippen LogP contribution in [-0.4, -0.2) is 28.9 Å². The Bertz CT molecular complexity index is 1110. The monoisotopic (exact) mass is 415 g/mol. The molecule has 0 fully saturated rings. The zero-order valence-corrected chi connectivity index (χ0v) is 16.0. The predicted molar refractivity (Wildman–Crippen MR) is 104 cm³/mol. The van der Waals surface area contributed by atoms with E-state index in [1.54, 1.807) is 6.07 Å². The Morgan fingerprint density at radius 2 is 1.52 bits per heavy atom. The van der Waals surface area contributed by atoms with Crippen molar-refractivity contribution in [2.45, 2.75) is 18.0 Å². The van der Waals surface area contributed by atoms with Crippen molar-refractivity contribution in [3.8, 4) is 5.75 Å². The second-order valence-electron chi connectivity index (χ2n) is 6.40. The smallest absolute Gasteiger partial charge is 0.335 e. The van der Waals surface area contributed by atoms with Crippen LogP contribution in [0.4, 0.5) is 4.39 Å². The summed E-state index contributed by atoms with van der Waals surface area (Å²) in [6.07, 6.45) is 0. The number of carbonyl (C=O) groups is 1. The zero-order valence-electron chi connectivity index (χ0n) is 15.2. The summed E-state index contributed by atoms with van der Waals surface area (Å²) >= 11 is 0. The minimum absolute atomic E-state index is 0.0196. The van der Waals surface area contributed by atoms with E-state index in [0.717, 1.165) is 0 Å². The van der Waals surface area contributed by atoms with Gasteiger partial charge in [0.25, 0.3) is 0 Å². The van der Waals surface area contributed by atoms with Gasteiger partial charge in [0, 0.05) is 13.1 Å². The highest BCUT2D eigenvalue weighted by Crippen LogP contribution is 2.23. The third-order valence-corrected chi connectivity index (χ3v) is 6.09. The molecule has 0 amide bonds. The maximum Gasteiger partial charge on any atom is 0.335 e. The fraction of sp³-hybridized carbons (Fsp3) is 0.0952. The van der Waals surface area contributed by atoms with E-state index in [4.69, 9.17) is 5.11 Å². The lowest BCUT2D eigenvalue weighted by molar-refractivity contribution is 0.0697. The fourth-order valence-electron chi connectivity index (χ4n) is 2.79. The fourth-order valence-corrected chi connectivity index (χ4v) is 4.20. The Hall–Kier alpha value is -3.23. The van der Waals surface area contributed by atoms with E-state index >= 15 is 0 Å². The summed E-state index contributed by atoms with van der Waals surface area (Å²) in [4.78, 5) is 11.0. The predicted octanol–water partition coefficient (Wildman–Crippen LogP) is 3.62. The van der Waals surface area contributed by atoms with Gasteiger partial charge in [-0.25, -0.2) is 17.6 Å². The Morgan fingerprint density at radius 1 is 0.897 bits per heavy atom. The molecular formula is C21H18FNO5S. The number of aromatic carboxylic acids is 1. The SMILES string of the molecule is O=C(O)c1ccc(CN(Cc2cccc(F)c2)S(=O)(=O)c2ccc(O)cc2)cc1. The van der Waals surface area contributed by atoms with Crippen LogP contribution in [0.3, 0.4) is 0 Å². The van der Waals surface area contributed by atoms with E-state index < -0.39 is 21.8 Å². The third kappa shape index (κ3) is 4.98. The summed E-state index contributed by atoms with van der Waals surface area (Å²) in [5.74, 6) is -1.62. The molecule has 0 aliphatic carbocycles. The summed E-state index contributed by atoms with van der Waals surface area (Å²) in [6, 6.07) is 16.6. The number of sulfonamides is 1. The molecule has 0 aromatic heterocycles. The summed E-state index contributed by atoms with van der Waals surface area (Å²) in [5, 5.41) is 18.5. The lowest BCUT2D eigenvalue weighted by Gasteiger charge is -2.23. The maximum atomic E-state index is 13.6. The number of phenols is 1. The molecule has 3 aromatic carbocycles. The molecule has 8 heteroatoms. The summed E-state index contributed by atoms with van der Waals surface area (Å²) in [6.45, 7) is -0.124. The first-order valence-corrected chi connectivity index (χ1v) is 10.1. The van der Waals surface area contributed by atoms with E-state index in [2.05, 4.69) is 0 Å². The molecule has 0 spiro atoms. The average Bonchev–Trinajstić information content (AvgIpc) is 2.68. The second-order valence-corrected chi connectivity index (χ2v) is 8.34. The number of rotatable bonds is 7. The highest BCUT2D eigenvalue weighted by molar-refractivity contribution is 7.89. The first-order valence-electron chi connectivity index (χ1n) is 8.61. The molecule has 0 unspecified atom stereocenters. The molecule has 0 heterocycles. The number of aromatic hydroxyl groups is 1. The van der Waals surface area contributed by atoms with E-state index in [0.29, 0.717) is 11.1 Å².